The van der Waals surface area contributed by atoms with E-state index in [-0.39, 0.29) is 5.69 Å². The van der Waals surface area contributed by atoms with Crippen molar-refractivity contribution in [2.75, 3.05) is 13.2 Å². The van der Waals surface area contributed by atoms with E-state index in [2.05, 4.69) is 15.6 Å². The first kappa shape index (κ1) is 22.9. The van der Waals surface area contributed by atoms with E-state index in [4.69, 9.17) is 9.47 Å². The Kier molecular flexibility index (Phi) is 7.01. The summed E-state index contributed by atoms with van der Waals surface area (Å²) in [5, 5.41) is 79.4. The first-order valence-electron chi connectivity index (χ1n) is 9.31. The van der Waals surface area contributed by atoms with Crippen molar-refractivity contribution in [2.45, 2.75) is 68.0 Å². The number of hydrogen-bond acceptors (Lipinski definition) is 12. The van der Waals surface area contributed by atoms with E-state index in [0.29, 0.717) is 0 Å². The van der Waals surface area contributed by atoms with Gasteiger partial charge in [0.1, 0.15) is 60.6 Å². The Bertz CT molecular complexity index is 733. The highest BCUT2D eigenvalue weighted by Crippen LogP contribution is 2.33. The normalized spacial score (nSPS) is 42.1. The molecule has 14 nitrogen and oxygen atoms in total. The molecule has 1 aromatic rings. The summed E-state index contributed by atoms with van der Waals surface area (Å²) in [5.74, 6) is -0.517. The molecule has 1 aromatic heterocycles. The number of ether oxygens (including phenoxy) is 2. The molecule has 0 spiro atoms. The molecule has 0 aromatic carbocycles. The second-order valence-electron chi connectivity index (χ2n) is 7.33. The Morgan fingerprint density at radius 3 is 2.20 bits per heavy atom. The van der Waals surface area contributed by atoms with Gasteiger partial charge in [0.05, 0.1) is 19.4 Å². The average molecular weight is 434 g/mol. The Balaban J connectivity index is 1.88. The Hall–Kier alpha value is -1.75. The van der Waals surface area contributed by atoms with Crippen molar-refractivity contribution in [3.63, 3.8) is 0 Å². The average Bonchev–Trinajstić information content (AvgIpc) is 3.19. The summed E-state index contributed by atoms with van der Waals surface area (Å²) in [4.78, 5) is 11.5. The fourth-order valence-corrected chi connectivity index (χ4v) is 3.61. The number of nitrogens with zero attached hydrogens (tertiary/aromatic N) is 3. The molecule has 3 heterocycles. The van der Waals surface area contributed by atoms with Gasteiger partial charge in [0, 0.05) is 6.92 Å². The molecular formula is C16H26N4O10. The first-order valence-corrected chi connectivity index (χ1v) is 9.31. The lowest BCUT2D eigenvalue weighted by Gasteiger charge is -2.42. The lowest BCUT2D eigenvalue weighted by molar-refractivity contribution is -0.232. The molecule has 2 fully saturated rings. The van der Waals surface area contributed by atoms with Gasteiger partial charge < -0.3 is 50.5 Å². The molecule has 14 heteroatoms. The third-order valence-electron chi connectivity index (χ3n) is 5.24. The maximum absolute atomic E-state index is 11.5. The standard InChI is InChI=1S/C16H26N4O10/c1-5(23)17-9-12(26)10(24)8(4-22)30-16(9)20-2-6(18-19-20)15-14(28)13(27)11(25)7(3-21)29-15/h2,7-16,21-22,24-28H,3-4H2,1H3,(H,17,23)/t7-,8-,9-,10-,11-,12-,13+,14-,15-,16-/m1/s1. The highest BCUT2D eigenvalue weighted by molar-refractivity contribution is 5.73. The van der Waals surface area contributed by atoms with Crippen LogP contribution in [0.15, 0.2) is 6.20 Å². The largest absolute Gasteiger partial charge is 0.394 e. The van der Waals surface area contributed by atoms with Crippen LogP contribution in [0, 0.1) is 0 Å². The number of aliphatic hydroxyl groups excluding tert-OH is 7. The van der Waals surface area contributed by atoms with E-state index >= 15 is 0 Å². The second kappa shape index (κ2) is 9.17. The molecule has 0 radical (unpaired) electrons. The molecule has 0 unspecified atom stereocenters. The van der Waals surface area contributed by atoms with Crippen LogP contribution in [0.5, 0.6) is 0 Å². The molecule has 2 saturated heterocycles. The maximum atomic E-state index is 11.5. The van der Waals surface area contributed by atoms with Crippen molar-refractivity contribution >= 4 is 5.91 Å². The molecule has 8 N–H and O–H groups in total. The monoisotopic (exact) mass is 434 g/mol. The van der Waals surface area contributed by atoms with Crippen LogP contribution in [0.3, 0.4) is 0 Å². The topological polar surface area (TPSA) is 220 Å². The van der Waals surface area contributed by atoms with E-state index < -0.39 is 80.2 Å². The Morgan fingerprint density at radius 2 is 1.60 bits per heavy atom. The van der Waals surface area contributed by atoms with E-state index in [1.165, 1.54) is 13.1 Å². The summed E-state index contributed by atoms with van der Waals surface area (Å²) >= 11 is 0. The SMILES string of the molecule is CC(=O)N[C@@H]1[C@@H](O)[C@H](O)[C@@H](CO)O[C@H]1n1cc([C@H]2O[C@H](CO)[C@@H](O)[C@H](O)[C@H]2O)nn1. The number of aliphatic hydroxyl groups is 7. The van der Waals surface area contributed by atoms with Gasteiger partial charge in [0.25, 0.3) is 0 Å². The van der Waals surface area contributed by atoms with Crippen molar-refractivity contribution in [3.8, 4) is 0 Å². The summed E-state index contributed by atoms with van der Waals surface area (Å²) < 4.78 is 12.1. The second-order valence-corrected chi connectivity index (χ2v) is 7.33. The maximum Gasteiger partial charge on any atom is 0.217 e. The van der Waals surface area contributed by atoms with Gasteiger partial charge in [-0.25, -0.2) is 4.68 Å². The van der Waals surface area contributed by atoms with Gasteiger partial charge in [-0.2, -0.15) is 0 Å². The first-order chi connectivity index (χ1) is 14.2. The van der Waals surface area contributed by atoms with Crippen LogP contribution in [0.25, 0.3) is 0 Å². The molecule has 10 atom stereocenters. The fourth-order valence-electron chi connectivity index (χ4n) is 3.61. The van der Waals surface area contributed by atoms with Crippen molar-refractivity contribution in [3.05, 3.63) is 11.9 Å². The van der Waals surface area contributed by atoms with Crippen LogP contribution in [0.4, 0.5) is 0 Å². The lowest BCUT2D eigenvalue weighted by atomic mass is 9.94. The molecule has 0 aliphatic carbocycles. The molecular weight excluding hydrogens is 408 g/mol. The predicted molar refractivity (Wildman–Crippen MR) is 93.4 cm³/mol. The quantitative estimate of drug-likeness (QED) is 0.218. The number of carbonyl (C=O) groups excluding carboxylic acids is 1. The molecule has 30 heavy (non-hydrogen) atoms. The number of amides is 1. The van der Waals surface area contributed by atoms with Crippen LogP contribution in [0.1, 0.15) is 24.9 Å². The van der Waals surface area contributed by atoms with Crippen LogP contribution < -0.4 is 5.32 Å². The Morgan fingerprint density at radius 1 is 1.00 bits per heavy atom. The van der Waals surface area contributed by atoms with Crippen molar-refractivity contribution < 1.29 is 50.0 Å². The van der Waals surface area contributed by atoms with Crippen LogP contribution in [-0.4, -0.2) is 119 Å². The zero-order chi connectivity index (χ0) is 22.2. The zero-order valence-electron chi connectivity index (χ0n) is 16.0. The summed E-state index contributed by atoms with van der Waals surface area (Å²) in [5.41, 5.74) is 0.0123. The van der Waals surface area contributed by atoms with Crippen molar-refractivity contribution in [1.82, 2.24) is 20.3 Å². The molecule has 0 saturated carbocycles. The van der Waals surface area contributed by atoms with Gasteiger partial charge in [-0.05, 0) is 0 Å². The number of nitrogens with one attached hydrogen (secondary N) is 1. The van der Waals surface area contributed by atoms with Crippen LogP contribution >= 0.6 is 0 Å². The number of carbonyl (C=O) groups is 1. The zero-order valence-corrected chi connectivity index (χ0v) is 16.0. The van der Waals surface area contributed by atoms with Crippen LogP contribution in [-0.2, 0) is 14.3 Å². The van der Waals surface area contributed by atoms with Crippen LogP contribution in [0.2, 0.25) is 0 Å². The minimum atomic E-state index is -1.61. The lowest BCUT2D eigenvalue weighted by Crippen LogP contribution is -2.62. The summed E-state index contributed by atoms with van der Waals surface area (Å²) in [6.07, 6.45) is -11.2. The van der Waals surface area contributed by atoms with Gasteiger partial charge in [-0.1, -0.05) is 5.21 Å². The van der Waals surface area contributed by atoms with E-state index in [1.54, 1.807) is 0 Å². The van der Waals surface area contributed by atoms with E-state index in [0.717, 1.165) is 4.68 Å². The smallest absolute Gasteiger partial charge is 0.217 e. The molecule has 3 rings (SSSR count). The third-order valence-corrected chi connectivity index (χ3v) is 5.24. The number of rotatable bonds is 5. The summed E-state index contributed by atoms with van der Waals surface area (Å²) in [7, 11) is 0. The number of aromatic nitrogens is 3. The molecule has 170 valence electrons. The highest BCUT2D eigenvalue weighted by Gasteiger charge is 2.48. The van der Waals surface area contributed by atoms with E-state index in [1.807, 2.05) is 0 Å². The fraction of sp³-hybridized carbons (Fsp3) is 0.812. The van der Waals surface area contributed by atoms with Gasteiger partial charge in [0.15, 0.2) is 6.23 Å². The molecule has 2 aliphatic heterocycles. The van der Waals surface area contributed by atoms with Gasteiger partial charge >= 0.3 is 0 Å². The summed E-state index contributed by atoms with van der Waals surface area (Å²) in [6.45, 7) is -0.0288. The minimum absolute atomic E-state index is 0.0123. The highest BCUT2D eigenvalue weighted by atomic mass is 16.6. The van der Waals surface area contributed by atoms with Crippen molar-refractivity contribution in [1.29, 1.82) is 0 Å². The number of hydrogen-bond donors (Lipinski definition) is 8. The van der Waals surface area contributed by atoms with Gasteiger partial charge in [-0.3, -0.25) is 4.79 Å². The van der Waals surface area contributed by atoms with Crippen molar-refractivity contribution in [2.24, 2.45) is 0 Å². The molecule has 1 amide bonds. The minimum Gasteiger partial charge on any atom is -0.394 e. The third kappa shape index (κ3) is 4.18. The van der Waals surface area contributed by atoms with Gasteiger partial charge in [-0.15, -0.1) is 5.10 Å². The van der Waals surface area contributed by atoms with E-state index in [9.17, 15) is 40.5 Å². The molecule has 0 bridgehead atoms. The predicted octanol–water partition coefficient (Wildman–Crippen LogP) is -5.09. The van der Waals surface area contributed by atoms with Gasteiger partial charge in [0.2, 0.25) is 5.91 Å². The Labute approximate surface area is 170 Å². The summed E-state index contributed by atoms with van der Waals surface area (Å²) in [6, 6.07) is -1.15. The molecule has 2 aliphatic rings.